The Hall–Kier alpha value is -3.55. The molecule has 0 radical (unpaired) electrons. The highest BCUT2D eigenvalue weighted by molar-refractivity contribution is 7.80. The monoisotopic (exact) mass is 466 g/mol. The lowest BCUT2D eigenvalue weighted by Gasteiger charge is -2.29. The Morgan fingerprint density at radius 1 is 1.00 bits per heavy atom. The van der Waals surface area contributed by atoms with Crippen molar-refractivity contribution in [2.75, 3.05) is 4.90 Å². The van der Waals surface area contributed by atoms with Crippen LogP contribution >= 0.6 is 23.8 Å². The Bertz CT molecular complexity index is 1230. The number of anilines is 1. The van der Waals surface area contributed by atoms with Crippen molar-refractivity contribution < 1.29 is 18.7 Å². The molecule has 1 fully saturated rings. The number of hydrogen-bond acceptors (Lipinski definition) is 4. The van der Waals surface area contributed by atoms with Gasteiger partial charge < -0.3 is 4.74 Å². The second kappa shape index (κ2) is 9.30. The van der Waals surface area contributed by atoms with Crippen molar-refractivity contribution in [2.24, 2.45) is 0 Å². The number of nitrogens with one attached hydrogen (secondary N) is 1. The molecule has 1 aliphatic heterocycles. The van der Waals surface area contributed by atoms with Gasteiger partial charge in [-0.2, -0.15) is 0 Å². The van der Waals surface area contributed by atoms with E-state index in [1.807, 2.05) is 12.1 Å². The first-order valence-electron chi connectivity index (χ1n) is 9.55. The van der Waals surface area contributed by atoms with E-state index < -0.39 is 17.6 Å². The lowest BCUT2D eigenvalue weighted by Crippen LogP contribution is -2.54. The number of halogens is 2. The minimum absolute atomic E-state index is 0.0284. The molecular weight excluding hydrogens is 451 g/mol. The van der Waals surface area contributed by atoms with Crippen LogP contribution in [0.15, 0.2) is 78.4 Å². The molecule has 0 aliphatic carbocycles. The van der Waals surface area contributed by atoms with Gasteiger partial charge in [-0.3, -0.25) is 14.9 Å². The van der Waals surface area contributed by atoms with Gasteiger partial charge in [-0.15, -0.1) is 0 Å². The molecule has 1 N–H and O–H groups in total. The molecule has 0 saturated carbocycles. The van der Waals surface area contributed by atoms with E-state index in [0.717, 1.165) is 10.5 Å². The molecule has 32 heavy (non-hydrogen) atoms. The van der Waals surface area contributed by atoms with Gasteiger partial charge in [0.15, 0.2) is 5.11 Å². The van der Waals surface area contributed by atoms with Gasteiger partial charge in [0.1, 0.15) is 23.7 Å². The van der Waals surface area contributed by atoms with Gasteiger partial charge in [-0.1, -0.05) is 48.0 Å². The summed E-state index contributed by atoms with van der Waals surface area (Å²) >= 11 is 11.0. The summed E-state index contributed by atoms with van der Waals surface area (Å²) in [5.41, 5.74) is 1.38. The van der Waals surface area contributed by atoms with Crippen molar-refractivity contribution in [3.8, 4) is 5.75 Å². The molecule has 0 unspecified atom stereocenters. The predicted octanol–water partition coefficient (Wildman–Crippen LogP) is 4.89. The van der Waals surface area contributed by atoms with Crippen LogP contribution < -0.4 is 15.0 Å². The van der Waals surface area contributed by atoms with Gasteiger partial charge >= 0.3 is 0 Å². The Kier molecular flexibility index (Phi) is 6.30. The second-order valence-corrected chi connectivity index (χ2v) is 7.72. The van der Waals surface area contributed by atoms with Crippen LogP contribution in [0.2, 0.25) is 5.02 Å². The normalized spacial score (nSPS) is 15.1. The maximum atomic E-state index is 14.2. The number of thiocarbonyl (C=S) groups is 1. The standard InChI is InChI=1S/C24H16ClFN2O3S/c25-17-9-5-16(6-10-17)14-31-18-11-7-15(8-12-18)13-19-22(29)27-24(32)28(23(19)30)21-4-2-1-3-20(21)26/h1-13H,14H2,(H,27,29,32). The molecule has 0 bridgehead atoms. The molecule has 160 valence electrons. The summed E-state index contributed by atoms with van der Waals surface area (Å²) in [7, 11) is 0. The third-order valence-corrected chi connectivity index (χ3v) is 5.24. The molecule has 2 amide bonds. The topological polar surface area (TPSA) is 58.6 Å². The van der Waals surface area contributed by atoms with Crippen molar-refractivity contribution in [1.82, 2.24) is 5.32 Å². The van der Waals surface area contributed by atoms with Crippen molar-refractivity contribution in [3.63, 3.8) is 0 Å². The number of benzene rings is 3. The fourth-order valence-electron chi connectivity index (χ4n) is 3.08. The van der Waals surface area contributed by atoms with Crippen LogP contribution in [0.1, 0.15) is 11.1 Å². The molecule has 4 rings (SSSR count). The van der Waals surface area contributed by atoms with E-state index in [1.165, 1.54) is 24.3 Å². The van der Waals surface area contributed by atoms with Crippen molar-refractivity contribution in [1.29, 1.82) is 0 Å². The molecule has 3 aromatic carbocycles. The summed E-state index contributed by atoms with van der Waals surface area (Å²) < 4.78 is 20.0. The van der Waals surface area contributed by atoms with E-state index in [-0.39, 0.29) is 16.4 Å². The van der Waals surface area contributed by atoms with Crippen molar-refractivity contribution >= 4 is 52.5 Å². The van der Waals surface area contributed by atoms with E-state index in [0.29, 0.717) is 22.9 Å². The number of hydrogen-bond donors (Lipinski definition) is 1. The minimum Gasteiger partial charge on any atom is -0.489 e. The maximum absolute atomic E-state index is 14.2. The number of ether oxygens (including phenoxy) is 1. The highest BCUT2D eigenvalue weighted by Crippen LogP contribution is 2.25. The summed E-state index contributed by atoms with van der Waals surface area (Å²) in [6.07, 6.45) is 1.43. The molecule has 1 aliphatic rings. The van der Waals surface area contributed by atoms with Crippen LogP contribution in [0.5, 0.6) is 5.75 Å². The van der Waals surface area contributed by atoms with Crippen LogP contribution in [0.3, 0.4) is 0 Å². The zero-order valence-corrected chi connectivity index (χ0v) is 18.1. The largest absolute Gasteiger partial charge is 0.489 e. The zero-order chi connectivity index (χ0) is 22.7. The summed E-state index contributed by atoms with van der Waals surface area (Å²) in [4.78, 5) is 26.3. The third kappa shape index (κ3) is 4.69. The fraction of sp³-hybridized carbons (Fsp3) is 0.0417. The molecule has 5 nitrogen and oxygen atoms in total. The van der Waals surface area contributed by atoms with Gasteiger partial charge in [-0.25, -0.2) is 9.29 Å². The number of nitrogens with zero attached hydrogens (tertiary/aromatic N) is 1. The molecule has 3 aromatic rings. The third-order valence-electron chi connectivity index (χ3n) is 4.70. The SMILES string of the molecule is O=C1NC(=S)N(c2ccccc2F)C(=O)C1=Cc1ccc(OCc2ccc(Cl)cc2)cc1. The molecule has 1 heterocycles. The van der Waals surface area contributed by atoms with E-state index in [9.17, 15) is 14.0 Å². The lowest BCUT2D eigenvalue weighted by molar-refractivity contribution is -0.122. The van der Waals surface area contributed by atoms with Crippen LogP contribution in [-0.2, 0) is 16.2 Å². The highest BCUT2D eigenvalue weighted by atomic mass is 35.5. The van der Waals surface area contributed by atoms with Gasteiger partial charge in [0.2, 0.25) is 0 Å². The zero-order valence-electron chi connectivity index (χ0n) is 16.5. The summed E-state index contributed by atoms with van der Waals surface area (Å²) in [5.74, 6) is -1.35. The number of carbonyl (C=O) groups is 2. The first-order valence-corrected chi connectivity index (χ1v) is 10.3. The average Bonchev–Trinajstić information content (AvgIpc) is 2.78. The number of para-hydroxylation sites is 1. The van der Waals surface area contributed by atoms with Crippen LogP contribution in [0.4, 0.5) is 10.1 Å². The number of amides is 2. The van der Waals surface area contributed by atoms with Crippen molar-refractivity contribution in [2.45, 2.75) is 6.61 Å². The Morgan fingerprint density at radius 3 is 2.38 bits per heavy atom. The van der Waals surface area contributed by atoms with E-state index >= 15 is 0 Å². The van der Waals surface area contributed by atoms with E-state index in [2.05, 4.69) is 5.32 Å². The van der Waals surface area contributed by atoms with Crippen LogP contribution in [-0.4, -0.2) is 16.9 Å². The molecule has 0 aromatic heterocycles. The molecule has 8 heteroatoms. The Balaban J connectivity index is 1.52. The van der Waals surface area contributed by atoms with Crippen LogP contribution in [0, 0.1) is 5.82 Å². The van der Waals surface area contributed by atoms with Crippen LogP contribution in [0.25, 0.3) is 6.08 Å². The predicted molar refractivity (Wildman–Crippen MR) is 125 cm³/mol. The highest BCUT2D eigenvalue weighted by Gasteiger charge is 2.35. The van der Waals surface area contributed by atoms with Crippen molar-refractivity contribution in [3.05, 3.63) is 100 Å². The van der Waals surface area contributed by atoms with Gasteiger partial charge in [0, 0.05) is 5.02 Å². The molecule has 0 spiro atoms. The summed E-state index contributed by atoms with van der Waals surface area (Å²) in [6.45, 7) is 0.369. The average molecular weight is 467 g/mol. The molecular formula is C24H16ClFN2O3S. The first kappa shape index (κ1) is 21.7. The lowest BCUT2D eigenvalue weighted by atomic mass is 10.1. The Labute approximate surface area is 194 Å². The smallest absolute Gasteiger partial charge is 0.270 e. The molecule has 1 saturated heterocycles. The summed E-state index contributed by atoms with van der Waals surface area (Å²) in [6, 6.07) is 19.9. The number of carbonyl (C=O) groups excluding carboxylic acids is 2. The quantitative estimate of drug-likeness (QED) is 0.330. The van der Waals surface area contributed by atoms with E-state index in [4.69, 9.17) is 28.6 Å². The second-order valence-electron chi connectivity index (χ2n) is 6.89. The van der Waals surface area contributed by atoms with E-state index in [1.54, 1.807) is 42.5 Å². The van der Waals surface area contributed by atoms with Gasteiger partial charge in [0.05, 0.1) is 5.69 Å². The van der Waals surface area contributed by atoms with Gasteiger partial charge in [-0.05, 0) is 65.8 Å². The fourth-order valence-corrected chi connectivity index (χ4v) is 3.48. The maximum Gasteiger partial charge on any atom is 0.270 e. The van der Waals surface area contributed by atoms with Gasteiger partial charge in [0.25, 0.3) is 11.8 Å². The summed E-state index contributed by atoms with van der Waals surface area (Å²) in [5, 5.41) is 2.92. The first-order chi connectivity index (χ1) is 15.4. The minimum atomic E-state index is -0.702. The molecule has 0 atom stereocenters. The number of rotatable bonds is 5. The Morgan fingerprint density at radius 2 is 1.69 bits per heavy atom.